The summed E-state index contributed by atoms with van der Waals surface area (Å²) in [6, 6.07) is 4.05. The third-order valence-electron chi connectivity index (χ3n) is 10.1. The molecule has 3 aliphatic heterocycles. The molecule has 9 heteroatoms. The summed E-state index contributed by atoms with van der Waals surface area (Å²) >= 11 is 12.3. The van der Waals surface area contributed by atoms with Gasteiger partial charge in [0.05, 0.1) is 17.9 Å². The average Bonchev–Trinajstić information content (AvgIpc) is 3.57. The first-order chi connectivity index (χ1) is 19.7. The molecule has 5 aliphatic rings. The lowest BCUT2D eigenvalue weighted by Gasteiger charge is -2.38. The smallest absolute Gasteiger partial charge is 0.246 e. The Hall–Kier alpha value is -2.35. The van der Waals surface area contributed by atoms with Crippen molar-refractivity contribution >= 4 is 46.6 Å². The monoisotopic (exact) mass is 599 g/mol. The topological polar surface area (TPSA) is 87.7 Å². The van der Waals surface area contributed by atoms with Gasteiger partial charge in [0.15, 0.2) is 0 Å². The van der Waals surface area contributed by atoms with Gasteiger partial charge in [-0.1, -0.05) is 73.7 Å². The van der Waals surface area contributed by atoms with Gasteiger partial charge in [-0.25, -0.2) is 0 Å². The Morgan fingerprint density at radius 3 is 2.59 bits per heavy atom. The maximum atomic E-state index is 14.2. The normalized spacial score (nSPS) is 35.8. The Balaban J connectivity index is 1.29. The summed E-state index contributed by atoms with van der Waals surface area (Å²) in [4.78, 5) is 43.8. The quantitative estimate of drug-likeness (QED) is 0.381. The van der Waals surface area contributed by atoms with Gasteiger partial charge in [-0.3, -0.25) is 14.4 Å². The average molecular weight is 601 g/mol. The fourth-order valence-electron chi connectivity index (χ4n) is 7.80. The first kappa shape index (κ1) is 28.8. The molecule has 1 aromatic carbocycles. The van der Waals surface area contributed by atoms with Gasteiger partial charge in [-0.2, -0.15) is 0 Å². The second-order valence-corrected chi connectivity index (χ2v) is 13.5. The van der Waals surface area contributed by atoms with E-state index in [0.717, 1.165) is 44.9 Å². The summed E-state index contributed by atoms with van der Waals surface area (Å²) in [6.07, 6.45) is 13.7. The van der Waals surface area contributed by atoms with Crippen LogP contribution >= 0.6 is 23.2 Å². The zero-order valence-corrected chi connectivity index (χ0v) is 25.2. The van der Waals surface area contributed by atoms with E-state index < -0.39 is 29.6 Å². The van der Waals surface area contributed by atoms with E-state index in [9.17, 15) is 14.4 Å². The molecule has 3 fully saturated rings. The number of anilines is 1. The SMILES string of the molecule is C[C@@H]1[C@H](C)CCC[C@@H]1NC(=O)[C@@H]1N(CCC2=CCCCC2)C(=O)[C@@H]2[C@@H](C(=O)Nc3cc(Cl)cc(Cl)c3)[C@@H]3C=C[C@]21O3. The molecule has 8 atom stereocenters. The molecule has 3 heterocycles. The number of ether oxygens (including phenoxy) is 1. The zero-order chi connectivity index (χ0) is 28.9. The van der Waals surface area contributed by atoms with Crippen LogP contribution < -0.4 is 10.6 Å². The molecule has 6 rings (SSSR count). The molecule has 3 amide bonds. The van der Waals surface area contributed by atoms with E-state index in [1.807, 2.05) is 12.2 Å². The molecular formula is C32H39Cl2N3O4. The Labute approximate surface area is 252 Å². The van der Waals surface area contributed by atoms with E-state index in [2.05, 4.69) is 30.6 Å². The molecule has 2 N–H and O–H groups in total. The summed E-state index contributed by atoms with van der Waals surface area (Å²) in [5, 5.41) is 7.02. The highest BCUT2D eigenvalue weighted by atomic mass is 35.5. The summed E-state index contributed by atoms with van der Waals surface area (Å²) in [5.41, 5.74) is 0.611. The van der Waals surface area contributed by atoms with Crippen LogP contribution in [0, 0.1) is 23.7 Å². The van der Waals surface area contributed by atoms with E-state index >= 15 is 0 Å². The second kappa shape index (κ2) is 11.4. The van der Waals surface area contributed by atoms with Crippen molar-refractivity contribution in [3.05, 3.63) is 52.0 Å². The van der Waals surface area contributed by atoms with E-state index in [4.69, 9.17) is 27.9 Å². The molecular weight excluding hydrogens is 561 g/mol. The van der Waals surface area contributed by atoms with E-state index in [1.54, 1.807) is 23.1 Å². The number of benzene rings is 1. The highest BCUT2D eigenvalue weighted by Gasteiger charge is 2.72. The Morgan fingerprint density at radius 1 is 1.07 bits per heavy atom. The van der Waals surface area contributed by atoms with Gasteiger partial charge < -0.3 is 20.3 Å². The van der Waals surface area contributed by atoms with Gasteiger partial charge in [0.25, 0.3) is 0 Å². The molecule has 1 spiro atoms. The lowest BCUT2D eigenvalue weighted by atomic mass is 9.73. The van der Waals surface area contributed by atoms with Gasteiger partial charge in [0.1, 0.15) is 11.6 Å². The fraction of sp³-hybridized carbons (Fsp3) is 0.594. The number of likely N-dealkylation sites (tertiary alicyclic amines) is 1. The number of hydrogen-bond acceptors (Lipinski definition) is 4. The minimum Gasteiger partial charge on any atom is -0.359 e. The molecule has 2 saturated heterocycles. The van der Waals surface area contributed by atoms with Crippen LogP contribution in [-0.2, 0) is 19.1 Å². The highest BCUT2D eigenvalue weighted by molar-refractivity contribution is 6.35. The predicted molar refractivity (Wildman–Crippen MR) is 160 cm³/mol. The van der Waals surface area contributed by atoms with E-state index in [0.29, 0.717) is 34.1 Å². The molecule has 2 bridgehead atoms. The molecule has 0 unspecified atom stereocenters. The number of nitrogens with zero attached hydrogens (tertiary/aromatic N) is 1. The van der Waals surface area contributed by atoms with Crippen LogP contribution in [0.2, 0.25) is 10.0 Å². The lowest BCUT2D eigenvalue weighted by Crippen LogP contribution is -2.58. The van der Waals surface area contributed by atoms with Gasteiger partial charge in [0, 0.05) is 28.3 Å². The third-order valence-corrected chi connectivity index (χ3v) is 10.6. The second-order valence-electron chi connectivity index (χ2n) is 12.6. The van der Waals surface area contributed by atoms with Crippen molar-refractivity contribution in [2.45, 2.75) is 89.0 Å². The largest absolute Gasteiger partial charge is 0.359 e. The molecule has 220 valence electrons. The Morgan fingerprint density at radius 2 is 1.85 bits per heavy atom. The molecule has 7 nitrogen and oxygen atoms in total. The van der Waals surface area contributed by atoms with Crippen molar-refractivity contribution in [3.8, 4) is 0 Å². The number of fused-ring (bicyclic) bond motifs is 1. The summed E-state index contributed by atoms with van der Waals surface area (Å²) in [5.74, 6) is -1.41. The first-order valence-corrected chi connectivity index (χ1v) is 15.9. The van der Waals surface area contributed by atoms with Crippen LogP contribution in [0.3, 0.4) is 0 Å². The van der Waals surface area contributed by atoms with Gasteiger partial charge >= 0.3 is 0 Å². The van der Waals surface area contributed by atoms with Crippen molar-refractivity contribution < 1.29 is 19.1 Å². The maximum Gasteiger partial charge on any atom is 0.246 e. The minimum absolute atomic E-state index is 0.0500. The highest BCUT2D eigenvalue weighted by Crippen LogP contribution is 2.55. The number of carbonyl (C=O) groups is 3. The lowest BCUT2D eigenvalue weighted by molar-refractivity contribution is -0.141. The minimum atomic E-state index is -1.18. The van der Waals surface area contributed by atoms with Crippen LogP contribution in [0.5, 0.6) is 0 Å². The fourth-order valence-corrected chi connectivity index (χ4v) is 8.33. The van der Waals surface area contributed by atoms with Gasteiger partial charge in [-0.15, -0.1) is 0 Å². The third kappa shape index (κ3) is 5.23. The maximum absolute atomic E-state index is 14.2. The summed E-state index contributed by atoms with van der Waals surface area (Å²) in [7, 11) is 0. The van der Waals surface area contributed by atoms with Crippen LogP contribution in [0.1, 0.15) is 65.2 Å². The summed E-state index contributed by atoms with van der Waals surface area (Å²) < 4.78 is 6.50. The number of allylic oxidation sites excluding steroid dienone is 1. The predicted octanol–water partition coefficient (Wildman–Crippen LogP) is 5.91. The van der Waals surface area contributed by atoms with Crippen LogP contribution in [0.15, 0.2) is 42.0 Å². The molecule has 41 heavy (non-hydrogen) atoms. The van der Waals surface area contributed by atoms with Crippen molar-refractivity contribution in [2.24, 2.45) is 23.7 Å². The van der Waals surface area contributed by atoms with Crippen LogP contribution in [-0.4, -0.2) is 53.0 Å². The summed E-state index contributed by atoms with van der Waals surface area (Å²) in [6.45, 7) is 4.86. The Kier molecular flexibility index (Phi) is 7.98. The van der Waals surface area contributed by atoms with Crippen LogP contribution in [0.25, 0.3) is 0 Å². The molecule has 0 aromatic heterocycles. The number of hydrogen-bond donors (Lipinski definition) is 2. The Bertz CT molecular complexity index is 1280. The first-order valence-electron chi connectivity index (χ1n) is 15.1. The number of halogens is 2. The molecule has 1 saturated carbocycles. The van der Waals surface area contributed by atoms with E-state index in [1.165, 1.54) is 12.0 Å². The molecule has 0 radical (unpaired) electrons. The van der Waals surface area contributed by atoms with E-state index in [-0.39, 0.29) is 23.8 Å². The van der Waals surface area contributed by atoms with Crippen LogP contribution in [0.4, 0.5) is 5.69 Å². The van der Waals surface area contributed by atoms with Crippen molar-refractivity contribution in [1.29, 1.82) is 0 Å². The van der Waals surface area contributed by atoms with Crippen molar-refractivity contribution in [3.63, 3.8) is 0 Å². The molecule has 2 aliphatic carbocycles. The zero-order valence-electron chi connectivity index (χ0n) is 23.7. The van der Waals surface area contributed by atoms with Gasteiger partial charge in [0.2, 0.25) is 17.7 Å². The van der Waals surface area contributed by atoms with Gasteiger partial charge in [-0.05, 0) is 68.6 Å². The number of nitrogens with one attached hydrogen (secondary N) is 2. The molecule has 1 aromatic rings. The standard InChI is InChI=1S/C32H39Cl2N3O4/c1-18-7-6-10-24(19(18)2)36-30(39)28-32-13-11-25(41-32)26(29(38)35-23-16-21(33)15-22(34)17-23)27(32)31(40)37(28)14-12-20-8-4-3-5-9-20/h8,11,13,15-19,24-28H,3-7,9-10,12,14H2,1-2H3,(H,35,38)(H,36,39)/t18-,19-,24+,25+,26+,27+,28+,32+/m1/s1. The number of carbonyl (C=O) groups excluding carboxylic acids is 3. The number of amides is 3. The van der Waals surface area contributed by atoms with Crippen molar-refractivity contribution in [1.82, 2.24) is 10.2 Å². The van der Waals surface area contributed by atoms with Crippen molar-refractivity contribution in [2.75, 3.05) is 11.9 Å². The number of rotatable bonds is 7.